The minimum Gasteiger partial charge on any atom is -0.494 e. The van der Waals surface area contributed by atoms with Crippen LogP contribution in [0.1, 0.15) is 57.5 Å². The van der Waals surface area contributed by atoms with Gasteiger partial charge in [-0.2, -0.15) is 0 Å². The molecule has 1 atom stereocenters. The molecule has 0 bridgehead atoms. The minimum absolute atomic E-state index is 0.0444. The molecule has 0 saturated carbocycles. The number of halogens is 1. The van der Waals surface area contributed by atoms with Crippen LogP contribution in [0.15, 0.2) is 36.4 Å². The van der Waals surface area contributed by atoms with Crippen LogP contribution in [-0.4, -0.2) is 40.6 Å². The standard InChI is InChI=1S/C26H29FN4O4/c1-15-17(6-9-19-8-5-16-4-3-11-28-25(16)30-19)13-22(29-15)26(34)31-21(14-24(32)33)18-7-10-23(35-2)20(27)12-18/h5,7-8,10,12-13,21,29H,3-4,6,9,11,14H2,1-2H3,(H,28,30)(H,31,34)(H,32,33)/t21-/m0/s1. The molecule has 4 rings (SSSR count). The molecule has 0 aliphatic carbocycles. The van der Waals surface area contributed by atoms with Gasteiger partial charge in [0.2, 0.25) is 0 Å². The van der Waals surface area contributed by atoms with Crippen molar-refractivity contribution < 1.29 is 23.8 Å². The lowest BCUT2D eigenvalue weighted by Gasteiger charge is -2.18. The van der Waals surface area contributed by atoms with Crippen LogP contribution in [0.5, 0.6) is 5.75 Å². The summed E-state index contributed by atoms with van der Waals surface area (Å²) >= 11 is 0. The van der Waals surface area contributed by atoms with Gasteiger partial charge in [-0.25, -0.2) is 9.37 Å². The van der Waals surface area contributed by atoms with E-state index >= 15 is 0 Å². The van der Waals surface area contributed by atoms with Crippen molar-refractivity contribution in [3.63, 3.8) is 0 Å². The Hall–Kier alpha value is -3.88. The summed E-state index contributed by atoms with van der Waals surface area (Å²) in [5, 5.41) is 15.4. The summed E-state index contributed by atoms with van der Waals surface area (Å²) < 4.78 is 19.1. The number of nitrogens with one attached hydrogen (secondary N) is 3. The first-order chi connectivity index (χ1) is 16.8. The third-order valence-electron chi connectivity index (χ3n) is 6.23. The molecule has 0 spiro atoms. The van der Waals surface area contributed by atoms with Crippen molar-refractivity contribution in [3.05, 3.63) is 76.0 Å². The molecule has 1 aromatic carbocycles. The molecule has 3 heterocycles. The van der Waals surface area contributed by atoms with Gasteiger partial charge in [-0.15, -0.1) is 0 Å². The highest BCUT2D eigenvalue weighted by atomic mass is 19.1. The Morgan fingerprint density at radius 2 is 2.06 bits per heavy atom. The van der Waals surface area contributed by atoms with Gasteiger partial charge in [-0.3, -0.25) is 9.59 Å². The minimum atomic E-state index is -1.11. The Bertz CT molecular complexity index is 1240. The van der Waals surface area contributed by atoms with E-state index in [0.29, 0.717) is 17.7 Å². The van der Waals surface area contributed by atoms with E-state index in [4.69, 9.17) is 9.72 Å². The number of carbonyl (C=O) groups excluding carboxylic acids is 1. The van der Waals surface area contributed by atoms with E-state index in [-0.39, 0.29) is 12.2 Å². The van der Waals surface area contributed by atoms with Gasteiger partial charge in [-0.1, -0.05) is 12.1 Å². The van der Waals surface area contributed by atoms with E-state index in [1.165, 1.54) is 24.8 Å². The number of methoxy groups -OCH3 is 1. The molecular weight excluding hydrogens is 451 g/mol. The average Bonchev–Trinajstić information content (AvgIpc) is 3.22. The van der Waals surface area contributed by atoms with Crippen LogP contribution in [0.2, 0.25) is 0 Å². The molecule has 1 aliphatic rings. The largest absolute Gasteiger partial charge is 0.494 e. The number of benzene rings is 1. The highest BCUT2D eigenvalue weighted by Gasteiger charge is 2.22. The number of ether oxygens (including phenoxy) is 1. The summed E-state index contributed by atoms with van der Waals surface area (Å²) in [5.41, 5.74) is 4.72. The van der Waals surface area contributed by atoms with Gasteiger partial charge < -0.3 is 25.5 Å². The molecule has 9 heteroatoms. The molecule has 3 aromatic rings. The Morgan fingerprint density at radius 1 is 1.23 bits per heavy atom. The van der Waals surface area contributed by atoms with E-state index in [1.54, 1.807) is 12.1 Å². The van der Waals surface area contributed by atoms with Crippen LogP contribution in [0, 0.1) is 12.7 Å². The Balaban J connectivity index is 1.45. The number of nitrogens with zero attached hydrogens (tertiary/aromatic N) is 1. The van der Waals surface area contributed by atoms with Gasteiger partial charge in [0.15, 0.2) is 11.6 Å². The lowest BCUT2D eigenvalue weighted by Crippen LogP contribution is -2.30. The van der Waals surface area contributed by atoms with Crippen LogP contribution >= 0.6 is 0 Å². The molecule has 184 valence electrons. The third-order valence-corrected chi connectivity index (χ3v) is 6.23. The van der Waals surface area contributed by atoms with Crippen molar-refractivity contribution >= 4 is 17.7 Å². The predicted octanol–water partition coefficient (Wildman–Crippen LogP) is 3.95. The highest BCUT2D eigenvalue weighted by Crippen LogP contribution is 2.25. The lowest BCUT2D eigenvalue weighted by molar-refractivity contribution is -0.137. The number of carboxylic acid groups (broad SMARTS) is 1. The normalized spacial score (nSPS) is 13.5. The smallest absolute Gasteiger partial charge is 0.305 e. The number of anilines is 1. The fourth-order valence-corrected chi connectivity index (χ4v) is 4.32. The number of aromatic amines is 1. The fraction of sp³-hybridized carbons (Fsp3) is 0.346. The molecule has 0 unspecified atom stereocenters. The van der Waals surface area contributed by atoms with E-state index in [9.17, 15) is 19.1 Å². The topological polar surface area (TPSA) is 116 Å². The van der Waals surface area contributed by atoms with Gasteiger partial charge in [0, 0.05) is 17.9 Å². The number of hydrogen-bond acceptors (Lipinski definition) is 5. The second-order valence-corrected chi connectivity index (χ2v) is 8.69. The molecule has 2 aromatic heterocycles. The van der Waals surface area contributed by atoms with Crippen LogP contribution in [0.4, 0.5) is 10.2 Å². The SMILES string of the molecule is COc1ccc([C@H](CC(=O)O)NC(=O)c2cc(CCc3ccc4c(n3)NCCC4)c(C)[nH]2)cc1F. The Labute approximate surface area is 202 Å². The van der Waals surface area contributed by atoms with E-state index in [2.05, 4.69) is 21.7 Å². The van der Waals surface area contributed by atoms with Crippen molar-refractivity contribution in [3.8, 4) is 5.75 Å². The summed E-state index contributed by atoms with van der Waals surface area (Å²) in [6.45, 7) is 2.83. The molecule has 4 N–H and O–H groups in total. The van der Waals surface area contributed by atoms with Crippen molar-refractivity contribution in [2.75, 3.05) is 19.0 Å². The van der Waals surface area contributed by atoms with Gasteiger partial charge in [0.1, 0.15) is 11.5 Å². The van der Waals surface area contributed by atoms with E-state index in [0.717, 1.165) is 48.6 Å². The second kappa shape index (κ2) is 10.6. The number of hydrogen-bond donors (Lipinski definition) is 4. The van der Waals surface area contributed by atoms with Crippen LogP contribution < -0.4 is 15.4 Å². The molecule has 1 amide bonds. The number of aromatic nitrogens is 2. The average molecular weight is 481 g/mol. The monoisotopic (exact) mass is 480 g/mol. The van der Waals surface area contributed by atoms with Crippen molar-refractivity contribution in [1.29, 1.82) is 0 Å². The number of rotatable bonds is 9. The summed E-state index contributed by atoms with van der Waals surface area (Å²) in [7, 11) is 1.35. The highest BCUT2D eigenvalue weighted by molar-refractivity contribution is 5.93. The summed E-state index contributed by atoms with van der Waals surface area (Å²) in [4.78, 5) is 32.1. The van der Waals surface area contributed by atoms with Gasteiger partial charge in [0.05, 0.1) is 19.6 Å². The van der Waals surface area contributed by atoms with E-state index < -0.39 is 23.7 Å². The number of carboxylic acids is 1. The summed E-state index contributed by atoms with van der Waals surface area (Å²) in [6.07, 6.45) is 3.19. The maximum Gasteiger partial charge on any atom is 0.305 e. The number of aliphatic carboxylic acids is 1. The second-order valence-electron chi connectivity index (χ2n) is 8.69. The quantitative estimate of drug-likeness (QED) is 0.369. The molecule has 0 radical (unpaired) electrons. The zero-order chi connectivity index (χ0) is 24.9. The Kier molecular flexibility index (Phi) is 7.33. The summed E-state index contributed by atoms with van der Waals surface area (Å²) in [5.74, 6) is -1.19. The third kappa shape index (κ3) is 5.79. The van der Waals surface area contributed by atoms with Crippen molar-refractivity contribution in [2.24, 2.45) is 0 Å². The zero-order valence-corrected chi connectivity index (χ0v) is 19.8. The zero-order valence-electron chi connectivity index (χ0n) is 19.8. The number of carbonyl (C=O) groups is 2. The molecule has 0 saturated heterocycles. The Morgan fingerprint density at radius 3 is 2.80 bits per heavy atom. The first-order valence-electron chi connectivity index (χ1n) is 11.6. The first kappa shape index (κ1) is 24.3. The number of pyridine rings is 1. The summed E-state index contributed by atoms with van der Waals surface area (Å²) in [6, 6.07) is 9.17. The number of fused-ring (bicyclic) bond motifs is 1. The molecular formula is C26H29FN4O4. The van der Waals surface area contributed by atoms with Crippen LogP contribution in [0.25, 0.3) is 0 Å². The van der Waals surface area contributed by atoms with E-state index in [1.807, 2.05) is 13.0 Å². The van der Waals surface area contributed by atoms with Crippen molar-refractivity contribution in [1.82, 2.24) is 15.3 Å². The molecule has 0 fully saturated rings. The first-order valence-corrected chi connectivity index (χ1v) is 11.6. The lowest BCUT2D eigenvalue weighted by atomic mass is 10.0. The van der Waals surface area contributed by atoms with Crippen molar-refractivity contribution in [2.45, 2.75) is 45.1 Å². The maximum atomic E-state index is 14.2. The number of amides is 1. The molecule has 1 aliphatic heterocycles. The van der Waals surface area contributed by atoms with Gasteiger partial charge in [0.25, 0.3) is 5.91 Å². The molecule has 8 nitrogen and oxygen atoms in total. The van der Waals surface area contributed by atoms with Gasteiger partial charge >= 0.3 is 5.97 Å². The van der Waals surface area contributed by atoms with Gasteiger partial charge in [-0.05, 0) is 73.6 Å². The molecule has 35 heavy (non-hydrogen) atoms. The number of aryl methyl sites for hydroxylation is 4. The maximum absolute atomic E-state index is 14.2. The number of H-pyrrole nitrogens is 1. The fourth-order valence-electron chi connectivity index (χ4n) is 4.32. The van der Waals surface area contributed by atoms with Crippen LogP contribution in [-0.2, 0) is 24.1 Å². The predicted molar refractivity (Wildman–Crippen MR) is 129 cm³/mol. The van der Waals surface area contributed by atoms with Crippen LogP contribution in [0.3, 0.4) is 0 Å².